The largest absolute Gasteiger partial charge is 0.379 e. The zero-order valence-corrected chi connectivity index (χ0v) is 13.8. The van der Waals surface area contributed by atoms with Gasteiger partial charge < -0.3 is 0 Å². The van der Waals surface area contributed by atoms with E-state index in [9.17, 15) is 8.42 Å². The van der Waals surface area contributed by atoms with Crippen LogP contribution in [-0.2, 0) is 16.8 Å². The van der Waals surface area contributed by atoms with E-state index in [0.717, 1.165) is 13.0 Å². The lowest BCUT2D eigenvalue weighted by atomic mass is 10.1. The van der Waals surface area contributed by atoms with Gasteiger partial charge in [-0.3, -0.25) is 0 Å². The molecule has 0 aliphatic heterocycles. The Morgan fingerprint density at radius 2 is 1.65 bits per heavy atom. The Bertz CT molecular complexity index is 480. The summed E-state index contributed by atoms with van der Waals surface area (Å²) in [5, 5.41) is 0. The molecule has 0 aliphatic carbocycles. The molecule has 0 saturated heterocycles. The first-order valence-electron chi connectivity index (χ1n) is 7.48. The highest BCUT2D eigenvalue weighted by Crippen LogP contribution is 2.06. The van der Waals surface area contributed by atoms with Crippen LogP contribution in [0.1, 0.15) is 51.9 Å². The number of imidazole rings is 1. The number of hydrogen-bond donors (Lipinski definition) is 0. The van der Waals surface area contributed by atoms with Crippen LogP contribution < -0.4 is 4.57 Å². The van der Waals surface area contributed by atoms with Crippen LogP contribution in [0.5, 0.6) is 0 Å². The van der Waals surface area contributed by atoms with Crippen molar-refractivity contribution in [2.24, 2.45) is 0 Å². The second kappa shape index (κ2) is 8.42. The predicted octanol–water partition coefficient (Wildman–Crippen LogP) is 2.18. The summed E-state index contributed by atoms with van der Waals surface area (Å²) in [6.07, 6.45) is 13.9. The fourth-order valence-corrected chi connectivity index (χ4v) is 2.91. The maximum Gasteiger partial charge on any atom is 0.379 e. The van der Waals surface area contributed by atoms with E-state index >= 15 is 0 Å². The molecule has 116 valence electrons. The molecule has 20 heavy (non-hydrogen) atoms. The highest BCUT2D eigenvalue weighted by molar-refractivity contribution is 7.87. The van der Waals surface area contributed by atoms with E-state index in [1.165, 1.54) is 60.9 Å². The van der Waals surface area contributed by atoms with Crippen LogP contribution in [0.4, 0.5) is 0 Å². The van der Waals surface area contributed by atoms with Crippen molar-refractivity contribution < 1.29 is 13.0 Å². The smallest absolute Gasteiger partial charge is 0.236 e. The van der Waals surface area contributed by atoms with Gasteiger partial charge in [-0.05, 0) is 12.8 Å². The minimum absolute atomic E-state index is 0.879. The Balaban J connectivity index is 2.31. The Labute approximate surface area is 123 Å². The maximum absolute atomic E-state index is 11.9. The standard InChI is InChI=1S/C14H28N3O2S/c1-4-5-6-7-8-9-10-11-16-12-13-17(14-16)20(18,19)15(2)3/h12-14H,4-11H2,1-3H3/q+1. The summed E-state index contributed by atoms with van der Waals surface area (Å²) in [6, 6.07) is 0. The van der Waals surface area contributed by atoms with Gasteiger partial charge in [0.15, 0.2) is 0 Å². The first kappa shape index (κ1) is 17.2. The molecule has 1 aromatic rings. The molecule has 6 heteroatoms. The fourth-order valence-electron chi connectivity index (χ4n) is 2.08. The topological polar surface area (TPSA) is 46.2 Å². The minimum atomic E-state index is -3.37. The fraction of sp³-hybridized carbons (Fsp3) is 0.786. The third-order valence-corrected chi connectivity index (χ3v) is 5.09. The van der Waals surface area contributed by atoms with Crippen LogP contribution in [0.15, 0.2) is 18.7 Å². The van der Waals surface area contributed by atoms with Crippen molar-refractivity contribution in [2.75, 3.05) is 14.1 Å². The Hall–Kier alpha value is -0.880. The van der Waals surface area contributed by atoms with Gasteiger partial charge in [0.1, 0.15) is 12.4 Å². The predicted molar refractivity (Wildman–Crippen MR) is 80.6 cm³/mol. The Kier molecular flexibility index (Phi) is 7.23. The van der Waals surface area contributed by atoms with Crippen LogP contribution in [0.3, 0.4) is 0 Å². The van der Waals surface area contributed by atoms with E-state index in [4.69, 9.17) is 0 Å². The minimum Gasteiger partial charge on any atom is -0.236 e. The number of unbranched alkanes of at least 4 members (excludes halogenated alkanes) is 6. The van der Waals surface area contributed by atoms with Crippen LogP contribution in [0, 0.1) is 0 Å². The summed E-state index contributed by atoms with van der Waals surface area (Å²) in [5.41, 5.74) is 0. The summed E-state index contributed by atoms with van der Waals surface area (Å²) in [5.74, 6) is 0. The quantitative estimate of drug-likeness (QED) is 0.491. The zero-order valence-electron chi connectivity index (χ0n) is 13.0. The third kappa shape index (κ3) is 5.25. The van der Waals surface area contributed by atoms with Crippen molar-refractivity contribution in [3.05, 3.63) is 18.7 Å². The first-order chi connectivity index (χ1) is 9.48. The van der Waals surface area contributed by atoms with Gasteiger partial charge in [-0.1, -0.05) is 39.0 Å². The molecular weight excluding hydrogens is 274 g/mol. The molecule has 0 fully saturated rings. The van der Waals surface area contributed by atoms with Gasteiger partial charge in [0, 0.05) is 14.1 Å². The average Bonchev–Trinajstić information content (AvgIpc) is 2.87. The van der Waals surface area contributed by atoms with Crippen molar-refractivity contribution in [2.45, 2.75) is 58.4 Å². The Morgan fingerprint density at radius 3 is 2.25 bits per heavy atom. The van der Waals surface area contributed by atoms with Crippen LogP contribution in [0.2, 0.25) is 0 Å². The second-order valence-electron chi connectivity index (χ2n) is 5.39. The van der Waals surface area contributed by atoms with Crippen molar-refractivity contribution in [1.29, 1.82) is 0 Å². The summed E-state index contributed by atoms with van der Waals surface area (Å²) >= 11 is 0. The van der Waals surface area contributed by atoms with Crippen LogP contribution >= 0.6 is 0 Å². The second-order valence-corrected chi connectivity index (χ2v) is 7.44. The Morgan fingerprint density at radius 1 is 1.05 bits per heavy atom. The third-order valence-electron chi connectivity index (χ3n) is 3.41. The zero-order chi connectivity index (χ0) is 15.0. The van der Waals surface area contributed by atoms with E-state index in [1.807, 2.05) is 10.8 Å². The molecule has 0 amide bonds. The summed E-state index contributed by atoms with van der Waals surface area (Å²) < 4.78 is 28.2. The highest BCUT2D eigenvalue weighted by atomic mass is 32.2. The van der Waals surface area contributed by atoms with Gasteiger partial charge in [-0.25, -0.2) is 4.57 Å². The van der Waals surface area contributed by atoms with Gasteiger partial charge in [0.05, 0.1) is 6.54 Å². The maximum atomic E-state index is 11.9. The summed E-state index contributed by atoms with van der Waals surface area (Å²) in [7, 11) is -0.297. The molecule has 1 heterocycles. The highest BCUT2D eigenvalue weighted by Gasteiger charge is 2.22. The number of rotatable bonds is 10. The van der Waals surface area contributed by atoms with Gasteiger partial charge >= 0.3 is 10.2 Å². The molecule has 0 aromatic carbocycles. The van der Waals surface area contributed by atoms with Gasteiger partial charge in [-0.15, -0.1) is 3.97 Å². The normalized spacial score (nSPS) is 12.2. The van der Waals surface area contributed by atoms with Crippen LogP contribution in [-0.4, -0.2) is 30.8 Å². The summed E-state index contributed by atoms with van der Waals surface area (Å²) in [6.45, 7) is 3.10. The van der Waals surface area contributed by atoms with E-state index in [2.05, 4.69) is 6.92 Å². The van der Waals surface area contributed by atoms with E-state index in [-0.39, 0.29) is 0 Å². The molecular formula is C14H28N3O2S+. The number of aromatic nitrogens is 2. The SMILES string of the molecule is CCCCCCCCC[n+]1ccn(S(=O)(=O)N(C)C)c1. The van der Waals surface area contributed by atoms with Crippen LogP contribution in [0.25, 0.3) is 0 Å². The molecule has 0 radical (unpaired) electrons. The number of nitrogens with zero attached hydrogens (tertiary/aromatic N) is 3. The van der Waals surface area contributed by atoms with Crippen molar-refractivity contribution in [3.8, 4) is 0 Å². The monoisotopic (exact) mass is 302 g/mol. The molecule has 0 unspecified atom stereocenters. The lowest BCUT2D eigenvalue weighted by Crippen LogP contribution is -2.33. The molecule has 0 saturated carbocycles. The van der Waals surface area contributed by atoms with E-state index in [0.29, 0.717) is 0 Å². The first-order valence-corrected chi connectivity index (χ1v) is 8.88. The molecule has 0 bridgehead atoms. The molecule has 0 N–H and O–H groups in total. The molecule has 0 spiro atoms. The molecule has 1 rings (SSSR count). The van der Waals surface area contributed by atoms with Crippen molar-refractivity contribution in [1.82, 2.24) is 8.28 Å². The summed E-state index contributed by atoms with van der Waals surface area (Å²) in [4.78, 5) is 0. The van der Waals surface area contributed by atoms with Gasteiger partial charge in [0.2, 0.25) is 0 Å². The molecule has 1 aromatic heterocycles. The number of hydrogen-bond acceptors (Lipinski definition) is 2. The number of aryl methyl sites for hydroxylation is 1. The lowest BCUT2D eigenvalue weighted by Gasteiger charge is -2.05. The molecule has 5 nitrogen and oxygen atoms in total. The average molecular weight is 302 g/mol. The van der Waals surface area contributed by atoms with E-state index < -0.39 is 10.2 Å². The van der Waals surface area contributed by atoms with E-state index in [1.54, 1.807) is 12.5 Å². The lowest BCUT2D eigenvalue weighted by molar-refractivity contribution is -0.696. The van der Waals surface area contributed by atoms with Gasteiger partial charge in [-0.2, -0.15) is 12.7 Å². The van der Waals surface area contributed by atoms with Crippen molar-refractivity contribution in [3.63, 3.8) is 0 Å². The van der Waals surface area contributed by atoms with Crippen molar-refractivity contribution >= 4 is 10.2 Å². The van der Waals surface area contributed by atoms with Gasteiger partial charge in [0.25, 0.3) is 6.33 Å². The molecule has 0 aliphatic rings. The molecule has 0 atom stereocenters.